The van der Waals surface area contributed by atoms with Crippen molar-refractivity contribution in [2.45, 2.75) is 44.2 Å². The van der Waals surface area contributed by atoms with Gasteiger partial charge in [0.15, 0.2) is 5.82 Å². The molecule has 1 aromatic carbocycles. The van der Waals surface area contributed by atoms with E-state index in [0.29, 0.717) is 12.8 Å². The number of primary amides is 1. The lowest BCUT2D eigenvalue weighted by Crippen LogP contribution is -2.46. The Bertz CT molecular complexity index is 1310. The lowest BCUT2D eigenvalue weighted by molar-refractivity contribution is -0.117. The summed E-state index contributed by atoms with van der Waals surface area (Å²) in [6.07, 6.45) is 4.93. The molecule has 8 nitrogen and oxygen atoms in total. The molecule has 1 saturated carbocycles. The number of aromatic nitrogens is 2. The van der Waals surface area contributed by atoms with Crippen LogP contribution in [0.25, 0.3) is 10.4 Å². The Morgan fingerprint density at radius 2 is 1.92 bits per heavy atom. The fourth-order valence-corrected chi connectivity index (χ4v) is 5.77. The van der Waals surface area contributed by atoms with Crippen LogP contribution < -0.4 is 11.1 Å². The Labute approximate surface area is 218 Å². The van der Waals surface area contributed by atoms with E-state index in [-0.39, 0.29) is 29.6 Å². The van der Waals surface area contributed by atoms with E-state index in [2.05, 4.69) is 45.7 Å². The van der Waals surface area contributed by atoms with Crippen LogP contribution in [-0.4, -0.2) is 39.6 Å². The number of nitriles is 1. The zero-order valence-electron chi connectivity index (χ0n) is 19.7. The number of nitrogens with one attached hydrogen (secondary N) is 1. The van der Waals surface area contributed by atoms with Gasteiger partial charge in [-0.3, -0.25) is 19.2 Å². The lowest BCUT2D eigenvalue weighted by Gasteiger charge is -2.40. The minimum absolute atomic E-state index is 0.0237. The van der Waals surface area contributed by atoms with Crippen LogP contribution in [0.5, 0.6) is 0 Å². The SMILES string of the molecule is N#CCC1(n2cc(C(N)=O)c(NC(=O)C3CC3)n2)CCN(Cc2ccc(-c3ccc(Cl)s3)cc2)CC1. The molecule has 0 bridgehead atoms. The Balaban J connectivity index is 1.28. The van der Waals surface area contributed by atoms with E-state index in [1.54, 1.807) is 22.2 Å². The van der Waals surface area contributed by atoms with Gasteiger partial charge in [0.1, 0.15) is 5.56 Å². The average molecular weight is 523 g/mol. The second-order valence-electron chi connectivity index (χ2n) is 9.60. The van der Waals surface area contributed by atoms with Crippen molar-refractivity contribution in [1.82, 2.24) is 14.7 Å². The molecule has 3 heterocycles. The highest BCUT2D eigenvalue weighted by molar-refractivity contribution is 7.19. The number of nitrogens with zero attached hydrogens (tertiary/aromatic N) is 4. The van der Waals surface area contributed by atoms with Gasteiger partial charge in [0, 0.05) is 36.6 Å². The van der Waals surface area contributed by atoms with Gasteiger partial charge in [0.05, 0.1) is 22.4 Å². The monoisotopic (exact) mass is 522 g/mol. The summed E-state index contributed by atoms with van der Waals surface area (Å²) in [5, 5.41) is 16.9. The Morgan fingerprint density at radius 3 is 2.50 bits per heavy atom. The number of carbonyl (C=O) groups excluding carboxylic acids is 2. The van der Waals surface area contributed by atoms with Gasteiger partial charge >= 0.3 is 0 Å². The van der Waals surface area contributed by atoms with Crippen LogP contribution in [-0.2, 0) is 16.9 Å². The van der Waals surface area contributed by atoms with Gasteiger partial charge in [0.2, 0.25) is 5.91 Å². The van der Waals surface area contributed by atoms with Crippen LogP contribution in [0.1, 0.15) is 48.0 Å². The summed E-state index contributed by atoms with van der Waals surface area (Å²) < 4.78 is 2.47. The van der Waals surface area contributed by atoms with E-state index in [1.807, 2.05) is 12.1 Å². The van der Waals surface area contributed by atoms with Crippen molar-refractivity contribution < 1.29 is 9.59 Å². The molecule has 0 unspecified atom stereocenters. The summed E-state index contributed by atoms with van der Waals surface area (Å²) in [5.74, 6) is -0.624. The molecule has 1 aliphatic carbocycles. The van der Waals surface area contributed by atoms with Crippen molar-refractivity contribution in [3.63, 3.8) is 0 Å². The third-order valence-electron chi connectivity index (χ3n) is 7.07. The maximum Gasteiger partial charge on any atom is 0.254 e. The van der Waals surface area contributed by atoms with Gasteiger partial charge in [-0.05, 0) is 48.9 Å². The molecule has 3 aromatic rings. The van der Waals surface area contributed by atoms with Crippen molar-refractivity contribution in [3.05, 3.63) is 58.1 Å². The molecule has 0 atom stereocenters. The van der Waals surface area contributed by atoms with Crippen LogP contribution in [0, 0.1) is 17.2 Å². The van der Waals surface area contributed by atoms with E-state index in [9.17, 15) is 14.9 Å². The van der Waals surface area contributed by atoms with E-state index in [4.69, 9.17) is 17.3 Å². The second-order valence-corrected chi connectivity index (χ2v) is 11.3. The van der Waals surface area contributed by atoms with Crippen LogP contribution in [0.3, 0.4) is 0 Å². The summed E-state index contributed by atoms with van der Waals surface area (Å²) >= 11 is 7.63. The largest absolute Gasteiger partial charge is 0.365 e. The second kappa shape index (κ2) is 10.1. The van der Waals surface area contributed by atoms with Crippen molar-refractivity contribution in [3.8, 4) is 16.5 Å². The fourth-order valence-electron chi connectivity index (χ4n) is 4.72. The number of nitrogens with two attached hydrogens (primary N) is 1. The summed E-state index contributed by atoms with van der Waals surface area (Å²) in [6.45, 7) is 2.36. The predicted molar refractivity (Wildman–Crippen MR) is 140 cm³/mol. The Morgan fingerprint density at radius 1 is 1.19 bits per heavy atom. The summed E-state index contributed by atoms with van der Waals surface area (Å²) in [5.41, 5.74) is 7.56. The molecule has 2 fully saturated rings. The molecule has 1 aliphatic heterocycles. The van der Waals surface area contributed by atoms with Gasteiger partial charge in [-0.25, -0.2) is 0 Å². The van der Waals surface area contributed by atoms with E-state index in [1.165, 1.54) is 5.56 Å². The first-order valence-corrected chi connectivity index (χ1v) is 13.2. The van der Waals surface area contributed by atoms with E-state index < -0.39 is 11.4 Å². The van der Waals surface area contributed by atoms with Crippen molar-refractivity contribution in [2.24, 2.45) is 11.7 Å². The van der Waals surface area contributed by atoms with Crippen LogP contribution in [0.2, 0.25) is 4.34 Å². The topological polar surface area (TPSA) is 117 Å². The number of benzene rings is 1. The highest BCUT2D eigenvalue weighted by Crippen LogP contribution is 2.36. The molecular weight excluding hydrogens is 496 g/mol. The predicted octanol–water partition coefficient (Wildman–Crippen LogP) is 4.62. The molecule has 3 N–H and O–H groups in total. The molecule has 5 rings (SSSR count). The van der Waals surface area contributed by atoms with Gasteiger partial charge in [0.25, 0.3) is 5.91 Å². The number of anilines is 1. The molecule has 0 radical (unpaired) electrons. The first-order chi connectivity index (χ1) is 17.4. The Hall–Kier alpha value is -3.19. The molecule has 0 spiro atoms. The van der Waals surface area contributed by atoms with Gasteiger partial charge in [-0.2, -0.15) is 10.4 Å². The number of carbonyl (C=O) groups is 2. The lowest BCUT2D eigenvalue weighted by atomic mass is 9.84. The smallest absolute Gasteiger partial charge is 0.254 e. The van der Waals surface area contributed by atoms with Crippen LogP contribution in [0.15, 0.2) is 42.6 Å². The normalized spacial score (nSPS) is 17.4. The van der Waals surface area contributed by atoms with E-state index >= 15 is 0 Å². The zero-order valence-corrected chi connectivity index (χ0v) is 21.3. The molecule has 10 heteroatoms. The zero-order chi connectivity index (χ0) is 25.3. The fraction of sp³-hybridized carbons (Fsp3) is 0.385. The maximum atomic E-state index is 12.3. The Kier molecular flexibility index (Phi) is 6.84. The quantitative estimate of drug-likeness (QED) is 0.447. The van der Waals surface area contributed by atoms with Crippen molar-refractivity contribution in [1.29, 1.82) is 5.26 Å². The number of likely N-dealkylation sites (tertiary alicyclic amines) is 1. The number of rotatable bonds is 8. The molecule has 36 heavy (non-hydrogen) atoms. The van der Waals surface area contributed by atoms with Crippen molar-refractivity contribution in [2.75, 3.05) is 18.4 Å². The number of halogens is 1. The molecule has 186 valence electrons. The van der Waals surface area contributed by atoms with Gasteiger partial charge in [-0.1, -0.05) is 35.9 Å². The number of hydrogen-bond acceptors (Lipinski definition) is 6. The summed E-state index contributed by atoms with van der Waals surface area (Å²) in [4.78, 5) is 27.8. The molecule has 2 amide bonds. The number of hydrogen-bond donors (Lipinski definition) is 2. The molecule has 1 saturated heterocycles. The van der Waals surface area contributed by atoms with Crippen LogP contribution in [0.4, 0.5) is 5.82 Å². The maximum absolute atomic E-state index is 12.3. The molecule has 2 aromatic heterocycles. The summed E-state index contributed by atoms with van der Waals surface area (Å²) in [7, 11) is 0. The molecular formula is C26H27ClN6O2S. The standard InChI is InChI=1S/C26H27ClN6O2S/c27-22-8-7-21(36-22)18-3-1-17(2-4-18)15-32-13-10-26(9-12-28,11-14-32)33-16-20(23(29)34)24(31-33)30-25(35)19-5-6-19/h1-4,7-8,16,19H,5-6,9-11,13-15H2,(H2,29,34)(H,30,31,35). The summed E-state index contributed by atoms with van der Waals surface area (Å²) in [6, 6.07) is 14.8. The highest BCUT2D eigenvalue weighted by Gasteiger charge is 2.39. The number of piperidine rings is 1. The minimum Gasteiger partial charge on any atom is -0.365 e. The molecule has 2 aliphatic rings. The third kappa shape index (κ3) is 5.16. The first kappa shape index (κ1) is 24.5. The van der Waals surface area contributed by atoms with Gasteiger partial charge < -0.3 is 11.1 Å². The number of thiophene rings is 1. The van der Waals surface area contributed by atoms with Crippen molar-refractivity contribution >= 4 is 40.6 Å². The highest BCUT2D eigenvalue weighted by atomic mass is 35.5. The average Bonchev–Trinajstić information content (AvgIpc) is 3.50. The van der Waals surface area contributed by atoms with Crippen LogP contribution >= 0.6 is 22.9 Å². The number of amides is 2. The minimum atomic E-state index is -0.648. The third-order valence-corrected chi connectivity index (χ3v) is 8.35. The van der Waals surface area contributed by atoms with Gasteiger partial charge in [-0.15, -0.1) is 11.3 Å². The first-order valence-electron chi connectivity index (χ1n) is 12.0. The van der Waals surface area contributed by atoms with E-state index in [0.717, 1.165) is 47.3 Å².